The molecule has 0 aliphatic rings. The average Bonchev–Trinajstić information content (AvgIpc) is 2.06. The lowest BCUT2D eigenvalue weighted by Crippen LogP contribution is -2.27. The van der Waals surface area contributed by atoms with Crippen molar-refractivity contribution in [2.75, 3.05) is 0 Å². The number of hydrogen-bond acceptors (Lipinski definition) is 5. The minimum absolute atomic E-state index is 0.183. The van der Waals surface area contributed by atoms with Crippen LogP contribution in [-0.2, 0) is 0 Å². The Kier molecular flexibility index (Phi) is 1.12. The fraction of sp³-hybridized carbons (Fsp3) is 0. The standard InChI is InChI=1S/C5H3N5O/c11-10-2-1-6-4-3-7-9-8-5(4)10/h1-3H. The van der Waals surface area contributed by atoms with Crippen LogP contribution in [-0.4, -0.2) is 20.4 Å². The zero-order valence-electron chi connectivity index (χ0n) is 5.38. The number of hydrogen-bond donors (Lipinski definition) is 0. The molecule has 0 spiro atoms. The van der Waals surface area contributed by atoms with Crippen LogP contribution in [0.5, 0.6) is 0 Å². The molecule has 0 aliphatic carbocycles. The van der Waals surface area contributed by atoms with Crippen LogP contribution in [0, 0.1) is 5.21 Å². The Balaban J connectivity index is 2.91. The summed E-state index contributed by atoms with van der Waals surface area (Å²) in [6.45, 7) is 0. The molecule has 0 saturated carbocycles. The third kappa shape index (κ3) is 0.841. The van der Waals surface area contributed by atoms with E-state index >= 15 is 0 Å². The maximum atomic E-state index is 10.9. The van der Waals surface area contributed by atoms with E-state index in [0.29, 0.717) is 10.2 Å². The van der Waals surface area contributed by atoms with Crippen molar-refractivity contribution >= 4 is 11.2 Å². The molecule has 2 aromatic rings. The molecule has 0 N–H and O–H groups in total. The van der Waals surface area contributed by atoms with Crippen LogP contribution in [0.15, 0.2) is 18.6 Å². The highest BCUT2D eigenvalue weighted by Crippen LogP contribution is 1.95. The van der Waals surface area contributed by atoms with Gasteiger partial charge in [-0.3, -0.25) is 0 Å². The smallest absolute Gasteiger partial charge is 0.382 e. The van der Waals surface area contributed by atoms with Gasteiger partial charge in [0.1, 0.15) is 11.3 Å². The largest absolute Gasteiger partial charge is 0.710 e. The van der Waals surface area contributed by atoms with E-state index in [-0.39, 0.29) is 5.65 Å². The zero-order valence-corrected chi connectivity index (χ0v) is 5.38. The van der Waals surface area contributed by atoms with Crippen molar-refractivity contribution in [2.45, 2.75) is 0 Å². The van der Waals surface area contributed by atoms with E-state index < -0.39 is 0 Å². The predicted octanol–water partition coefficient (Wildman–Crippen LogP) is -0.947. The van der Waals surface area contributed by atoms with Crippen LogP contribution in [0.2, 0.25) is 0 Å². The first-order valence-corrected chi connectivity index (χ1v) is 2.90. The van der Waals surface area contributed by atoms with Gasteiger partial charge in [0.05, 0.1) is 17.6 Å². The second-order valence-electron chi connectivity index (χ2n) is 1.90. The lowest BCUT2D eigenvalue weighted by Gasteiger charge is -1.98. The first kappa shape index (κ1) is 5.90. The monoisotopic (exact) mass is 149 g/mol. The first-order chi connectivity index (χ1) is 5.38. The van der Waals surface area contributed by atoms with E-state index in [1.54, 1.807) is 0 Å². The fourth-order valence-corrected chi connectivity index (χ4v) is 0.750. The highest BCUT2D eigenvalue weighted by molar-refractivity contribution is 5.62. The molecular formula is C5H3N5O. The molecule has 0 saturated heterocycles. The van der Waals surface area contributed by atoms with Crippen molar-refractivity contribution in [3.05, 3.63) is 23.8 Å². The summed E-state index contributed by atoms with van der Waals surface area (Å²) in [6, 6.07) is 0. The lowest BCUT2D eigenvalue weighted by molar-refractivity contribution is -0.579. The number of aromatic nitrogens is 5. The maximum absolute atomic E-state index is 10.9. The third-order valence-corrected chi connectivity index (χ3v) is 1.22. The Morgan fingerprint density at radius 1 is 1.45 bits per heavy atom. The van der Waals surface area contributed by atoms with Gasteiger partial charge in [-0.2, -0.15) is 0 Å². The van der Waals surface area contributed by atoms with Gasteiger partial charge in [0.2, 0.25) is 0 Å². The Morgan fingerprint density at radius 3 is 3.18 bits per heavy atom. The van der Waals surface area contributed by atoms with Crippen LogP contribution in [0.3, 0.4) is 0 Å². The molecule has 2 heterocycles. The van der Waals surface area contributed by atoms with E-state index in [4.69, 9.17) is 0 Å². The molecule has 2 rings (SSSR count). The molecule has 0 aliphatic heterocycles. The van der Waals surface area contributed by atoms with Gasteiger partial charge in [-0.1, -0.05) is 0 Å². The van der Waals surface area contributed by atoms with E-state index in [0.717, 1.165) is 0 Å². The quantitative estimate of drug-likeness (QED) is 0.356. The molecule has 54 valence electrons. The Morgan fingerprint density at radius 2 is 2.36 bits per heavy atom. The summed E-state index contributed by atoms with van der Waals surface area (Å²) in [4.78, 5) is 3.86. The van der Waals surface area contributed by atoms with Gasteiger partial charge in [0.25, 0.3) is 0 Å². The zero-order chi connectivity index (χ0) is 7.68. The van der Waals surface area contributed by atoms with Gasteiger partial charge in [-0.25, -0.2) is 9.71 Å². The Hall–Kier alpha value is -1.85. The predicted molar refractivity (Wildman–Crippen MR) is 34.1 cm³/mol. The molecule has 0 unspecified atom stereocenters. The molecule has 6 nitrogen and oxygen atoms in total. The summed E-state index contributed by atoms with van der Waals surface area (Å²) < 4.78 is 0.594. The first-order valence-electron chi connectivity index (χ1n) is 2.90. The van der Waals surface area contributed by atoms with Gasteiger partial charge in [-0.15, -0.1) is 5.10 Å². The van der Waals surface area contributed by atoms with Crippen molar-refractivity contribution < 1.29 is 4.73 Å². The molecule has 6 heteroatoms. The topological polar surface area (TPSA) is 78.5 Å². The van der Waals surface area contributed by atoms with Gasteiger partial charge in [-0.05, 0) is 0 Å². The van der Waals surface area contributed by atoms with Gasteiger partial charge in [0, 0.05) is 0 Å². The van der Waals surface area contributed by atoms with Crippen LogP contribution >= 0.6 is 0 Å². The molecular weight excluding hydrogens is 146 g/mol. The van der Waals surface area contributed by atoms with E-state index in [1.807, 2.05) is 0 Å². The van der Waals surface area contributed by atoms with Crippen molar-refractivity contribution in [3.8, 4) is 0 Å². The molecule has 0 amide bonds. The van der Waals surface area contributed by atoms with Crippen molar-refractivity contribution in [2.24, 2.45) is 0 Å². The van der Waals surface area contributed by atoms with Gasteiger partial charge < -0.3 is 5.21 Å². The maximum Gasteiger partial charge on any atom is 0.382 e. The number of rotatable bonds is 0. The molecule has 0 radical (unpaired) electrons. The fourth-order valence-electron chi connectivity index (χ4n) is 0.750. The lowest BCUT2D eigenvalue weighted by atomic mass is 10.5. The SMILES string of the molecule is [O-][n+]1ccnc2cnnnc21. The minimum Gasteiger partial charge on any atom is -0.710 e. The average molecular weight is 149 g/mol. The summed E-state index contributed by atoms with van der Waals surface area (Å²) in [5, 5.41) is 21.2. The number of nitrogens with zero attached hydrogens (tertiary/aromatic N) is 5. The van der Waals surface area contributed by atoms with Gasteiger partial charge in [0.15, 0.2) is 5.52 Å². The second kappa shape index (κ2) is 2.08. The van der Waals surface area contributed by atoms with Crippen LogP contribution in [0.4, 0.5) is 0 Å². The highest BCUT2D eigenvalue weighted by Gasteiger charge is 2.04. The van der Waals surface area contributed by atoms with Crippen molar-refractivity contribution in [1.82, 2.24) is 20.4 Å². The van der Waals surface area contributed by atoms with Crippen LogP contribution in [0.1, 0.15) is 0 Å². The summed E-state index contributed by atoms with van der Waals surface area (Å²) in [7, 11) is 0. The highest BCUT2D eigenvalue weighted by atomic mass is 16.5. The Labute approximate surface area is 61.1 Å². The summed E-state index contributed by atoms with van der Waals surface area (Å²) in [5.41, 5.74) is 0.625. The second-order valence-corrected chi connectivity index (χ2v) is 1.90. The molecule has 2 aromatic heterocycles. The van der Waals surface area contributed by atoms with Crippen LogP contribution < -0.4 is 4.73 Å². The molecule has 0 bridgehead atoms. The van der Waals surface area contributed by atoms with Crippen LogP contribution in [0.25, 0.3) is 11.2 Å². The molecule has 11 heavy (non-hydrogen) atoms. The summed E-state index contributed by atoms with van der Waals surface area (Å²) in [6.07, 6.45) is 4.03. The summed E-state index contributed by atoms with van der Waals surface area (Å²) in [5.74, 6) is 0. The van der Waals surface area contributed by atoms with E-state index in [9.17, 15) is 5.21 Å². The molecule has 0 atom stereocenters. The van der Waals surface area contributed by atoms with E-state index in [1.165, 1.54) is 18.6 Å². The molecule has 0 aromatic carbocycles. The van der Waals surface area contributed by atoms with E-state index in [2.05, 4.69) is 20.4 Å². The van der Waals surface area contributed by atoms with Crippen molar-refractivity contribution in [1.29, 1.82) is 0 Å². The Bertz CT molecular complexity index is 384. The third-order valence-electron chi connectivity index (χ3n) is 1.22. The van der Waals surface area contributed by atoms with Crippen molar-refractivity contribution in [3.63, 3.8) is 0 Å². The molecule has 0 fully saturated rings. The number of fused-ring (bicyclic) bond motifs is 1. The minimum atomic E-state index is 0.183. The van der Waals surface area contributed by atoms with Gasteiger partial charge >= 0.3 is 5.65 Å². The summed E-state index contributed by atoms with van der Waals surface area (Å²) >= 11 is 0. The normalized spacial score (nSPS) is 10.2.